The summed E-state index contributed by atoms with van der Waals surface area (Å²) in [7, 11) is 1.31. The Morgan fingerprint density at radius 3 is 2.74 bits per heavy atom. The fraction of sp³-hybridized carbons (Fsp3) is 0.467. The van der Waals surface area contributed by atoms with Gasteiger partial charge >= 0.3 is 5.97 Å². The zero-order valence-electron chi connectivity index (χ0n) is 11.2. The van der Waals surface area contributed by atoms with Gasteiger partial charge in [-0.2, -0.15) is 0 Å². The van der Waals surface area contributed by atoms with Crippen LogP contribution in [0.2, 0.25) is 0 Å². The van der Waals surface area contributed by atoms with Crippen molar-refractivity contribution in [3.63, 3.8) is 0 Å². The lowest BCUT2D eigenvalue weighted by Crippen LogP contribution is -2.24. The van der Waals surface area contributed by atoms with Crippen LogP contribution in [0.25, 0.3) is 0 Å². The highest BCUT2D eigenvalue weighted by Gasteiger charge is 2.29. The van der Waals surface area contributed by atoms with Crippen LogP contribution in [0, 0.1) is 5.92 Å². The van der Waals surface area contributed by atoms with Crippen LogP contribution in [0.1, 0.15) is 18.4 Å². The number of esters is 1. The summed E-state index contributed by atoms with van der Waals surface area (Å²) >= 11 is 0. The second kappa shape index (κ2) is 6.48. The van der Waals surface area contributed by atoms with Crippen molar-refractivity contribution in [1.82, 2.24) is 4.90 Å². The third-order valence-electron chi connectivity index (χ3n) is 3.52. The van der Waals surface area contributed by atoms with Gasteiger partial charge in [0, 0.05) is 19.0 Å². The zero-order chi connectivity index (χ0) is 13.7. The molecule has 1 aliphatic rings. The maximum Gasteiger partial charge on any atom is 0.313 e. The molecule has 1 aliphatic heterocycles. The fourth-order valence-electron chi connectivity index (χ4n) is 2.44. The molecule has 1 saturated heterocycles. The lowest BCUT2D eigenvalue weighted by Gasteiger charge is -2.15. The number of hydrogen-bond donors (Lipinski definition) is 0. The predicted octanol–water partition coefficient (Wildman–Crippen LogP) is 1.64. The minimum absolute atomic E-state index is 0.00223. The van der Waals surface area contributed by atoms with Gasteiger partial charge in [0.1, 0.15) is 12.2 Å². The molecule has 0 unspecified atom stereocenters. The summed E-state index contributed by atoms with van der Waals surface area (Å²) in [6.07, 6.45) is 0.739. The van der Waals surface area contributed by atoms with Gasteiger partial charge in [-0.15, -0.1) is 0 Å². The monoisotopic (exact) mass is 261 g/mol. The Morgan fingerprint density at radius 1 is 1.32 bits per heavy atom. The Labute approximate surface area is 113 Å². The highest BCUT2D eigenvalue weighted by molar-refractivity contribution is 5.96. The summed E-state index contributed by atoms with van der Waals surface area (Å²) in [6.45, 7) is 2.51. The third-order valence-corrected chi connectivity index (χ3v) is 3.52. The molecular weight excluding hydrogens is 242 g/mol. The molecular formula is C15H19NO3. The number of ketones is 1. The standard InChI is InChI=1S/C15H19NO3/c1-19-15(18)9-14(17)13-7-8-16(11-13)10-12-5-3-2-4-6-12/h2-6,13H,7-11H2,1H3/t13-/m1/s1. The second-order valence-corrected chi connectivity index (χ2v) is 4.93. The molecule has 0 aliphatic carbocycles. The van der Waals surface area contributed by atoms with Gasteiger partial charge in [-0.05, 0) is 18.5 Å². The lowest BCUT2D eigenvalue weighted by atomic mass is 10.0. The van der Waals surface area contributed by atoms with Crippen LogP contribution in [0.3, 0.4) is 0 Å². The van der Waals surface area contributed by atoms with E-state index in [1.54, 1.807) is 0 Å². The number of likely N-dealkylation sites (tertiary alicyclic amines) is 1. The molecule has 4 nitrogen and oxygen atoms in total. The molecule has 1 atom stereocenters. The number of ether oxygens (including phenoxy) is 1. The zero-order valence-corrected chi connectivity index (χ0v) is 11.2. The van der Waals surface area contributed by atoms with Crippen LogP contribution in [0.4, 0.5) is 0 Å². The molecule has 1 aromatic rings. The molecule has 1 aromatic carbocycles. The smallest absolute Gasteiger partial charge is 0.313 e. The van der Waals surface area contributed by atoms with Crippen LogP contribution in [-0.2, 0) is 20.9 Å². The molecule has 1 fully saturated rings. The lowest BCUT2D eigenvalue weighted by molar-refractivity contribution is -0.144. The highest BCUT2D eigenvalue weighted by atomic mass is 16.5. The van der Waals surface area contributed by atoms with Gasteiger partial charge in [-0.3, -0.25) is 14.5 Å². The summed E-state index contributed by atoms with van der Waals surface area (Å²) in [4.78, 5) is 25.2. The maximum absolute atomic E-state index is 11.9. The Morgan fingerprint density at radius 2 is 2.05 bits per heavy atom. The SMILES string of the molecule is COC(=O)CC(=O)[C@@H]1CCN(Cc2ccccc2)C1. The van der Waals surface area contributed by atoms with Crippen molar-refractivity contribution in [2.45, 2.75) is 19.4 Å². The molecule has 2 rings (SSSR count). The highest BCUT2D eigenvalue weighted by Crippen LogP contribution is 2.20. The van der Waals surface area contributed by atoms with E-state index in [4.69, 9.17) is 0 Å². The average molecular weight is 261 g/mol. The molecule has 1 heterocycles. The first-order valence-corrected chi connectivity index (χ1v) is 6.55. The minimum atomic E-state index is -0.438. The van der Waals surface area contributed by atoms with E-state index < -0.39 is 5.97 Å². The average Bonchev–Trinajstić information content (AvgIpc) is 2.88. The van der Waals surface area contributed by atoms with Gasteiger partial charge in [0.15, 0.2) is 0 Å². The first kappa shape index (κ1) is 13.7. The number of methoxy groups -OCH3 is 1. The van der Waals surface area contributed by atoms with Crippen LogP contribution >= 0.6 is 0 Å². The van der Waals surface area contributed by atoms with Crippen LogP contribution in [0.15, 0.2) is 30.3 Å². The number of Topliss-reactive ketones (excluding diaryl/α,β-unsaturated/α-hetero) is 1. The van der Waals surface area contributed by atoms with Crippen molar-refractivity contribution in [2.24, 2.45) is 5.92 Å². The molecule has 0 amide bonds. The van der Waals surface area contributed by atoms with Gasteiger partial charge in [0.05, 0.1) is 7.11 Å². The van der Waals surface area contributed by atoms with Crippen molar-refractivity contribution in [2.75, 3.05) is 20.2 Å². The number of hydrogen-bond acceptors (Lipinski definition) is 4. The topological polar surface area (TPSA) is 46.6 Å². The van der Waals surface area contributed by atoms with Gasteiger partial charge < -0.3 is 4.74 Å². The number of nitrogens with zero attached hydrogens (tertiary/aromatic N) is 1. The van der Waals surface area contributed by atoms with Crippen molar-refractivity contribution < 1.29 is 14.3 Å². The molecule has 19 heavy (non-hydrogen) atoms. The summed E-state index contributed by atoms with van der Waals surface area (Å²) in [5.41, 5.74) is 1.25. The van der Waals surface area contributed by atoms with E-state index >= 15 is 0 Å². The second-order valence-electron chi connectivity index (χ2n) is 4.93. The van der Waals surface area contributed by atoms with Crippen molar-refractivity contribution in [3.05, 3.63) is 35.9 Å². The molecule has 102 valence electrons. The normalized spacial score (nSPS) is 19.3. The molecule has 0 aromatic heterocycles. The van der Waals surface area contributed by atoms with E-state index in [-0.39, 0.29) is 18.1 Å². The number of rotatable bonds is 5. The van der Waals surface area contributed by atoms with Crippen LogP contribution in [0.5, 0.6) is 0 Å². The molecule has 0 bridgehead atoms. The largest absolute Gasteiger partial charge is 0.469 e. The van der Waals surface area contributed by atoms with E-state index in [0.717, 1.165) is 26.1 Å². The molecule has 4 heteroatoms. The number of carbonyl (C=O) groups is 2. The van der Waals surface area contributed by atoms with E-state index in [1.807, 2.05) is 18.2 Å². The first-order valence-electron chi connectivity index (χ1n) is 6.55. The van der Waals surface area contributed by atoms with E-state index in [9.17, 15) is 9.59 Å². The number of benzene rings is 1. The van der Waals surface area contributed by atoms with E-state index in [0.29, 0.717) is 0 Å². The minimum Gasteiger partial charge on any atom is -0.469 e. The molecule has 0 spiro atoms. The van der Waals surface area contributed by atoms with Gasteiger partial charge in [-0.1, -0.05) is 30.3 Å². The Balaban J connectivity index is 1.83. The van der Waals surface area contributed by atoms with Crippen LogP contribution in [-0.4, -0.2) is 36.9 Å². The maximum atomic E-state index is 11.9. The fourth-order valence-corrected chi connectivity index (χ4v) is 2.44. The molecule has 0 N–H and O–H groups in total. The summed E-state index contributed by atoms with van der Waals surface area (Å²) in [6, 6.07) is 10.2. The van der Waals surface area contributed by atoms with Crippen LogP contribution < -0.4 is 0 Å². The third kappa shape index (κ3) is 3.89. The Kier molecular flexibility index (Phi) is 4.68. The quantitative estimate of drug-likeness (QED) is 0.597. The van der Waals surface area contributed by atoms with Gasteiger partial charge in [0.25, 0.3) is 0 Å². The van der Waals surface area contributed by atoms with E-state index in [1.165, 1.54) is 12.7 Å². The van der Waals surface area contributed by atoms with Crippen molar-refractivity contribution in [1.29, 1.82) is 0 Å². The summed E-state index contributed by atoms with van der Waals surface area (Å²) in [5, 5.41) is 0. The predicted molar refractivity (Wildman–Crippen MR) is 71.5 cm³/mol. The van der Waals surface area contributed by atoms with E-state index in [2.05, 4.69) is 21.8 Å². The molecule has 0 saturated carbocycles. The van der Waals surface area contributed by atoms with Gasteiger partial charge in [0.2, 0.25) is 0 Å². The summed E-state index contributed by atoms with van der Waals surface area (Å²) in [5.74, 6) is -0.461. The number of carbonyl (C=O) groups excluding carboxylic acids is 2. The Bertz CT molecular complexity index is 444. The van der Waals surface area contributed by atoms with Gasteiger partial charge in [-0.25, -0.2) is 0 Å². The van der Waals surface area contributed by atoms with Crippen molar-refractivity contribution >= 4 is 11.8 Å². The van der Waals surface area contributed by atoms with Crippen molar-refractivity contribution in [3.8, 4) is 0 Å². The summed E-state index contributed by atoms with van der Waals surface area (Å²) < 4.78 is 4.53. The Hall–Kier alpha value is -1.68. The first-order chi connectivity index (χ1) is 9.19. The molecule has 0 radical (unpaired) electrons.